The van der Waals surface area contributed by atoms with Crippen molar-refractivity contribution in [3.8, 4) is 0 Å². The van der Waals surface area contributed by atoms with E-state index in [1.54, 1.807) is 6.33 Å². The highest BCUT2D eigenvalue weighted by atomic mass is 15.3. The van der Waals surface area contributed by atoms with E-state index >= 15 is 0 Å². The molecule has 0 aromatic carbocycles. The van der Waals surface area contributed by atoms with Crippen LogP contribution in [0.15, 0.2) is 11.3 Å². The fraction of sp³-hybridized carbons (Fsp3) is 0.824. The predicted octanol–water partition coefficient (Wildman–Crippen LogP) is 2.46. The fourth-order valence-corrected chi connectivity index (χ4v) is 3.03. The van der Waals surface area contributed by atoms with Gasteiger partial charge in [0.15, 0.2) is 5.96 Å². The predicted molar refractivity (Wildman–Crippen MR) is 94.6 cm³/mol. The largest absolute Gasteiger partial charge is 0.354 e. The SMILES string of the molecule is CCCCN(C)C(=NCCn1cnnc1CC)NC1CCCC1. The smallest absolute Gasteiger partial charge is 0.193 e. The molecular formula is C17H32N6. The molecule has 0 spiro atoms. The Morgan fingerprint density at radius 3 is 2.87 bits per heavy atom. The standard InChI is InChI=1S/C17H32N6/c1-4-6-12-22(3)17(20-15-9-7-8-10-15)18-11-13-23-14-19-21-16(23)5-2/h14-15H,4-13H2,1-3H3,(H,18,20). The molecule has 6 nitrogen and oxygen atoms in total. The summed E-state index contributed by atoms with van der Waals surface area (Å²) >= 11 is 0. The van der Waals surface area contributed by atoms with Crippen molar-refractivity contribution in [1.29, 1.82) is 0 Å². The third-order valence-electron chi connectivity index (χ3n) is 4.51. The Morgan fingerprint density at radius 2 is 2.17 bits per heavy atom. The molecule has 1 heterocycles. The number of rotatable bonds is 8. The topological polar surface area (TPSA) is 58.3 Å². The molecule has 23 heavy (non-hydrogen) atoms. The monoisotopic (exact) mass is 320 g/mol. The molecule has 1 aromatic heterocycles. The zero-order chi connectivity index (χ0) is 16.5. The third kappa shape index (κ3) is 5.52. The molecule has 0 bridgehead atoms. The number of hydrogen-bond donors (Lipinski definition) is 1. The summed E-state index contributed by atoms with van der Waals surface area (Å²) in [4.78, 5) is 7.12. The van der Waals surface area contributed by atoms with Crippen LogP contribution in [0.5, 0.6) is 0 Å². The van der Waals surface area contributed by atoms with Crippen LogP contribution in [0.1, 0.15) is 58.2 Å². The minimum Gasteiger partial charge on any atom is -0.354 e. The number of nitrogens with one attached hydrogen (secondary N) is 1. The van der Waals surface area contributed by atoms with Gasteiger partial charge in [-0.3, -0.25) is 4.99 Å². The third-order valence-corrected chi connectivity index (χ3v) is 4.51. The van der Waals surface area contributed by atoms with Crippen molar-refractivity contribution in [2.45, 2.75) is 71.4 Å². The summed E-state index contributed by atoms with van der Waals surface area (Å²) in [5, 5.41) is 11.8. The highest BCUT2D eigenvalue weighted by molar-refractivity contribution is 5.80. The normalized spacial score (nSPS) is 16.0. The Balaban J connectivity index is 1.93. The van der Waals surface area contributed by atoms with Gasteiger partial charge in [0.2, 0.25) is 0 Å². The highest BCUT2D eigenvalue weighted by Gasteiger charge is 2.17. The van der Waals surface area contributed by atoms with Crippen LogP contribution in [-0.2, 0) is 13.0 Å². The molecule has 1 fully saturated rings. The lowest BCUT2D eigenvalue weighted by Gasteiger charge is -2.25. The van der Waals surface area contributed by atoms with Crippen molar-refractivity contribution in [1.82, 2.24) is 25.0 Å². The highest BCUT2D eigenvalue weighted by Crippen LogP contribution is 2.17. The van der Waals surface area contributed by atoms with Gasteiger partial charge in [0, 0.05) is 32.6 Å². The molecule has 1 aliphatic carbocycles. The number of guanidine groups is 1. The van der Waals surface area contributed by atoms with Crippen LogP contribution in [0, 0.1) is 0 Å². The molecular weight excluding hydrogens is 288 g/mol. The summed E-state index contributed by atoms with van der Waals surface area (Å²) in [5.41, 5.74) is 0. The Hall–Kier alpha value is -1.59. The van der Waals surface area contributed by atoms with Crippen molar-refractivity contribution in [3.05, 3.63) is 12.2 Å². The summed E-state index contributed by atoms with van der Waals surface area (Å²) in [7, 11) is 2.15. The minimum atomic E-state index is 0.596. The molecule has 1 N–H and O–H groups in total. The van der Waals surface area contributed by atoms with Gasteiger partial charge in [-0.05, 0) is 19.3 Å². The number of nitrogens with zero attached hydrogens (tertiary/aromatic N) is 5. The average molecular weight is 320 g/mol. The average Bonchev–Trinajstić information content (AvgIpc) is 3.22. The second-order valence-electron chi connectivity index (χ2n) is 6.40. The van der Waals surface area contributed by atoms with Crippen LogP contribution in [-0.4, -0.2) is 51.8 Å². The number of unbranched alkanes of at least 4 members (excludes halogenated alkanes) is 1. The quantitative estimate of drug-likeness (QED) is 0.590. The Labute approximate surface area is 140 Å². The van der Waals surface area contributed by atoms with Gasteiger partial charge in [0.25, 0.3) is 0 Å². The van der Waals surface area contributed by atoms with E-state index < -0.39 is 0 Å². The van der Waals surface area contributed by atoms with E-state index in [9.17, 15) is 0 Å². The van der Waals surface area contributed by atoms with Crippen LogP contribution in [0.4, 0.5) is 0 Å². The van der Waals surface area contributed by atoms with Gasteiger partial charge in [-0.1, -0.05) is 33.1 Å². The first-order chi connectivity index (χ1) is 11.2. The summed E-state index contributed by atoms with van der Waals surface area (Å²) in [6.45, 7) is 6.99. The number of aryl methyl sites for hydroxylation is 1. The van der Waals surface area contributed by atoms with Gasteiger partial charge in [-0.15, -0.1) is 10.2 Å². The van der Waals surface area contributed by atoms with Crippen molar-refractivity contribution in [2.75, 3.05) is 20.1 Å². The van der Waals surface area contributed by atoms with Crippen LogP contribution in [0.2, 0.25) is 0 Å². The molecule has 0 atom stereocenters. The lowest BCUT2D eigenvalue weighted by molar-refractivity contribution is 0.447. The van der Waals surface area contributed by atoms with Crippen LogP contribution in [0.25, 0.3) is 0 Å². The molecule has 130 valence electrons. The van der Waals surface area contributed by atoms with Crippen molar-refractivity contribution >= 4 is 5.96 Å². The van der Waals surface area contributed by atoms with Crippen molar-refractivity contribution < 1.29 is 0 Å². The second kappa shape index (κ2) is 9.53. The first-order valence-corrected chi connectivity index (χ1v) is 9.13. The van der Waals surface area contributed by atoms with E-state index in [2.05, 4.69) is 45.9 Å². The second-order valence-corrected chi connectivity index (χ2v) is 6.40. The van der Waals surface area contributed by atoms with Crippen LogP contribution in [0.3, 0.4) is 0 Å². The Bertz CT molecular complexity index is 475. The lowest BCUT2D eigenvalue weighted by Crippen LogP contribution is -2.44. The van der Waals surface area contributed by atoms with Crippen molar-refractivity contribution in [3.63, 3.8) is 0 Å². The van der Waals surface area contributed by atoms with Gasteiger partial charge < -0.3 is 14.8 Å². The zero-order valence-electron chi connectivity index (χ0n) is 15.0. The number of aliphatic imine (C=N–C) groups is 1. The molecule has 1 saturated carbocycles. The van der Waals surface area contributed by atoms with Gasteiger partial charge in [0.05, 0.1) is 6.54 Å². The first-order valence-electron chi connectivity index (χ1n) is 9.13. The Morgan fingerprint density at radius 1 is 1.39 bits per heavy atom. The van der Waals surface area contributed by atoms with E-state index in [0.717, 1.165) is 37.8 Å². The molecule has 0 saturated heterocycles. The number of hydrogen-bond acceptors (Lipinski definition) is 3. The minimum absolute atomic E-state index is 0.596. The van der Waals surface area contributed by atoms with Crippen LogP contribution >= 0.6 is 0 Å². The number of aromatic nitrogens is 3. The van der Waals surface area contributed by atoms with Gasteiger partial charge in [-0.2, -0.15) is 0 Å². The van der Waals surface area contributed by atoms with E-state index in [1.807, 2.05) is 0 Å². The lowest BCUT2D eigenvalue weighted by atomic mass is 10.2. The van der Waals surface area contributed by atoms with E-state index in [-0.39, 0.29) is 0 Å². The van der Waals surface area contributed by atoms with Gasteiger partial charge >= 0.3 is 0 Å². The molecule has 0 unspecified atom stereocenters. The van der Waals surface area contributed by atoms with E-state index in [0.29, 0.717) is 6.04 Å². The molecule has 1 aliphatic rings. The molecule has 0 aliphatic heterocycles. The first kappa shape index (κ1) is 17.8. The summed E-state index contributed by atoms with van der Waals surface area (Å²) in [6, 6.07) is 0.596. The molecule has 0 radical (unpaired) electrons. The van der Waals surface area contributed by atoms with Crippen molar-refractivity contribution in [2.24, 2.45) is 4.99 Å². The summed E-state index contributed by atoms with van der Waals surface area (Å²) in [6.07, 6.45) is 10.3. The Kier molecular flexibility index (Phi) is 7.36. The molecule has 6 heteroatoms. The maximum absolute atomic E-state index is 4.85. The fourth-order valence-electron chi connectivity index (χ4n) is 3.03. The maximum atomic E-state index is 4.85. The van der Waals surface area contributed by atoms with Crippen LogP contribution < -0.4 is 5.32 Å². The van der Waals surface area contributed by atoms with E-state index in [4.69, 9.17) is 4.99 Å². The molecule has 1 aromatic rings. The summed E-state index contributed by atoms with van der Waals surface area (Å²) < 4.78 is 2.10. The van der Waals surface area contributed by atoms with Gasteiger partial charge in [0.1, 0.15) is 12.2 Å². The summed E-state index contributed by atoms with van der Waals surface area (Å²) in [5.74, 6) is 2.08. The maximum Gasteiger partial charge on any atom is 0.193 e. The van der Waals surface area contributed by atoms with E-state index in [1.165, 1.54) is 38.5 Å². The molecule has 0 amide bonds. The van der Waals surface area contributed by atoms with Gasteiger partial charge in [-0.25, -0.2) is 0 Å². The zero-order valence-corrected chi connectivity index (χ0v) is 15.0. The molecule has 2 rings (SSSR count).